The average Bonchev–Trinajstić information content (AvgIpc) is 3.56. The molecular weight excluding hydrogens is 926 g/mol. The third kappa shape index (κ3) is 11.1. The fraction of sp³-hybridized carbons (Fsp3) is 0.333. The number of nitrogens with zero attached hydrogens (tertiary/aromatic N) is 3. The molecule has 15 nitrogen and oxygen atoms in total. The van der Waals surface area contributed by atoms with E-state index >= 15 is 0 Å². The number of fused-ring (bicyclic) bond motifs is 1. The van der Waals surface area contributed by atoms with Crippen LogP contribution in [0.1, 0.15) is 55.6 Å². The highest BCUT2D eigenvalue weighted by Crippen LogP contribution is 2.52. The minimum absolute atomic E-state index is 0.0176. The third-order valence-electron chi connectivity index (χ3n) is 10.3. The molecule has 322 valence electrons. The maximum Gasteiger partial charge on any atom is 0.294 e. The van der Waals surface area contributed by atoms with Crippen molar-refractivity contribution < 1.29 is 45.2 Å². The average molecular weight is 976 g/mol. The van der Waals surface area contributed by atoms with Gasteiger partial charge in [-0.05, 0) is 85.5 Å². The molecule has 2 aliphatic rings. The zero-order valence-electron chi connectivity index (χ0n) is 34.2. The summed E-state index contributed by atoms with van der Waals surface area (Å²) < 4.78 is 68.1. The SMILES string of the molecule is C=C1N=C(/C=C/C=C/C=C2/N(CCCS(=O)(=O)O)c3ccc(S(=O)(=O)O)cc3C2(C)c2ccc(C(=O)NCCNC(=O)CI)cc2)C(C)(C)/C1=C/C(=C\C)C(=O)N(C)OC. The van der Waals surface area contributed by atoms with E-state index in [1.54, 1.807) is 67.6 Å². The largest absolute Gasteiger partial charge is 0.354 e. The maximum absolute atomic E-state index is 13.0. The topological polar surface area (TPSA) is 212 Å². The van der Waals surface area contributed by atoms with Crippen LogP contribution in [0.15, 0.2) is 124 Å². The number of alkyl halides is 1. The predicted molar refractivity (Wildman–Crippen MR) is 240 cm³/mol. The molecule has 1 unspecified atom stereocenters. The lowest BCUT2D eigenvalue weighted by Gasteiger charge is -2.31. The van der Waals surface area contributed by atoms with Gasteiger partial charge < -0.3 is 15.5 Å². The van der Waals surface area contributed by atoms with E-state index in [0.29, 0.717) is 49.5 Å². The second kappa shape index (κ2) is 19.8. The third-order valence-corrected chi connectivity index (χ3v) is 12.6. The van der Waals surface area contributed by atoms with Gasteiger partial charge in [-0.3, -0.25) is 33.3 Å². The van der Waals surface area contributed by atoms with Crippen LogP contribution in [-0.4, -0.2) is 98.4 Å². The molecule has 60 heavy (non-hydrogen) atoms. The number of halogens is 1. The van der Waals surface area contributed by atoms with Crippen molar-refractivity contribution in [2.45, 2.75) is 44.4 Å². The van der Waals surface area contributed by atoms with Crippen LogP contribution in [-0.2, 0) is 40.1 Å². The molecule has 2 aliphatic heterocycles. The molecule has 3 amide bonds. The summed E-state index contributed by atoms with van der Waals surface area (Å²) >= 11 is 1.94. The molecule has 0 radical (unpaired) electrons. The first-order valence-electron chi connectivity index (χ1n) is 18.7. The van der Waals surface area contributed by atoms with Crippen molar-refractivity contribution in [3.63, 3.8) is 0 Å². The van der Waals surface area contributed by atoms with Gasteiger partial charge in [-0.15, -0.1) is 0 Å². The number of hydrogen-bond donors (Lipinski definition) is 4. The van der Waals surface area contributed by atoms with Crippen molar-refractivity contribution >= 4 is 71.9 Å². The molecule has 0 saturated carbocycles. The Bertz CT molecular complexity index is 2440. The first-order chi connectivity index (χ1) is 28.1. The number of carbonyl (C=O) groups is 3. The molecule has 0 spiro atoms. The Hall–Kier alpha value is -4.73. The molecule has 0 aromatic heterocycles. The zero-order chi connectivity index (χ0) is 44.6. The van der Waals surface area contributed by atoms with E-state index in [4.69, 9.17) is 4.84 Å². The molecule has 0 bridgehead atoms. The van der Waals surface area contributed by atoms with Crippen LogP contribution < -0.4 is 15.5 Å². The smallest absolute Gasteiger partial charge is 0.294 e. The number of rotatable bonds is 17. The summed E-state index contributed by atoms with van der Waals surface area (Å²) in [5, 5.41) is 6.58. The predicted octanol–water partition coefficient (Wildman–Crippen LogP) is 5.50. The molecule has 4 N–H and O–H groups in total. The van der Waals surface area contributed by atoms with Crippen LogP contribution in [0.3, 0.4) is 0 Å². The Morgan fingerprint density at radius 1 is 1.00 bits per heavy atom. The molecule has 1 atom stereocenters. The molecule has 2 aromatic rings. The quantitative estimate of drug-likeness (QED) is 0.0296. The molecule has 4 rings (SSSR count). The Labute approximate surface area is 365 Å². The monoisotopic (exact) mass is 975 g/mol. The molecule has 2 heterocycles. The number of nitrogens with one attached hydrogen (secondary N) is 2. The van der Waals surface area contributed by atoms with Crippen molar-refractivity contribution in [1.29, 1.82) is 0 Å². The number of anilines is 1. The minimum atomic E-state index is -4.63. The zero-order valence-corrected chi connectivity index (χ0v) is 38.0. The van der Waals surface area contributed by atoms with Gasteiger partial charge in [0.2, 0.25) is 5.91 Å². The van der Waals surface area contributed by atoms with Gasteiger partial charge in [-0.1, -0.05) is 79.5 Å². The highest BCUT2D eigenvalue weighted by Gasteiger charge is 2.45. The highest BCUT2D eigenvalue weighted by molar-refractivity contribution is 14.1. The van der Waals surface area contributed by atoms with Crippen LogP contribution in [0, 0.1) is 5.41 Å². The number of hydrogen-bond acceptors (Lipinski definition) is 10. The highest BCUT2D eigenvalue weighted by atomic mass is 127. The standard InChI is InChI=1S/C42H50IN5O10S2/c1-8-29(40(51)47(6)58-7)25-33-28(2)46-36(41(33,3)4)13-10-9-11-14-37-42(5,31-17-15-30(16-18-31)39(50)45-22-21-44-38(49)27-43)34-26-32(60(55,56)57)19-20-35(34)48(37)23-12-24-59(52,53)54/h8-11,13-20,25-26H,2,12,21-24,27H2,1,3-7H3,(H,44,49)(H,45,50)(H,52,53,54)(H,55,56,57)/b11-9+,13-10+,29-8+,33-25+,37-14+. The Kier molecular flexibility index (Phi) is 15.8. The van der Waals surface area contributed by atoms with Gasteiger partial charge in [0.25, 0.3) is 32.1 Å². The van der Waals surface area contributed by atoms with Crippen molar-refractivity contribution in [2.24, 2.45) is 10.4 Å². The number of benzene rings is 2. The van der Waals surface area contributed by atoms with Crippen molar-refractivity contribution in [3.8, 4) is 0 Å². The van der Waals surface area contributed by atoms with E-state index < -0.39 is 36.8 Å². The molecule has 0 saturated heterocycles. The normalized spacial score (nSPS) is 19.4. The van der Waals surface area contributed by atoms with E-state index in [1.165, 1.54) is 32.4 Å². The molecular formula is C42H50IN5O10S2. The summed E-state index contributed by atoms with van der Waals surface area (Å²) in [6.45, 7) is 12.2. The molecule has 0 aliphatic carbocycles. The van der Waals surface area contributed by atoms with E-state index in [0.717, 1.165) is 10.6 Å². The first kappa shape index (κ1) is 47.9. The number of carbonyl (C=O) groups excluding carboxylic acids is 3. The van der Waals surface area contributed by atoms with Crippen LogP contribution in [0.4, 0.5) is 5.69 Å². The fourth-order valence-electron chi connectivity index (χ4n) is 6.94. The molecule has 0 fully saturated rings. The second-order valence-corrected chi connectivity index (χ2v) is 18.3. The lowest BCUT2D eigenvalue weighted by molar-refractivity contribution is -0.163. The summed E-state index contributed by atoms with van der Waals surface area (Å²) in [6.07, 6.45) is 12.4. The van der Waals surface area contributed by atoms with E-state index in [-0.39, 0.29) is 48.7 Å². The van der Waals surface area contributed by atoms with E-state index in [1.807, 2.05) is 54.3 Å². The summed E-state index contributed by atoms with van der Waals surface area (Å²) in [5.41, 5.74) is 3.24. The van der Waals surface area contributed by atoms with Crippen LogP contribution in [0.2, 0.25) is 0 Å². The Balaban J connectivity index is 1.75. The Morgan fingerprint density at radius 2 is 1.67 bits per heavy atom. The van der Waals surface area contributed by atoms with E-state index in [9.17, 15) is 40.3 Å². The number of likely N-dealkylation sites (N-methyl/N-ethyl adjacent to an activating group) is 1. The number of allylic oxidation sites excluding steroid dienone is 8. The van der Waals surface area contributed by atoms with E-state index in [2.05, 4.69) is 22.2 Å². The van der Waals surface area contributed by atoms with Gasteiger partial charge in [0.05, 0.1) is 39.0 Å². The summed E-state index contributed by atoms with van der Waals surface area (Å²) in [6, 6.07) is 10.9. The lowest BCUT2D eigenvalue weighted by atomic mass is 9.75. The van der Waals surface area contributed by atoms with Gasteiger partial charge in [0, 0.05) is 54.6 Å². The van der Waals surface area contributed by atoms with Gasteiger partial charge in [-0.25, -0.2) is 5.06 Å². The van der Waals surface area contributed by atoms with Gasteiger partial charge in [0.1, 0.15) is 0 Å². The second-order valence-electron chi connectivity index (χ2n) is 14.5. The summed E-state index contributed by atoms with van der Waals surface area (Å²) in [7, 11) is -6.01. The summed E-state index contributed by atoms with van der Waals surface area (Å²) in [4.78, 5) is 48.6. The summed E-state index contributed by atoms with van der Waals surface area (Å²) in [5.74, 6) is -1.37. The van der Waals surface area contributed by atoms with Crippen LogP contribution in [0.25, 0.3) is 0 Å². The van der Waals surface area contributed by atoms with Gasteiger partial charge >= 0.3 is 0 Å². The lowest BCUT2D eigenvalue weighted by Crippen LogP contribution is -2.35. The van der Waals surface area contributed by atoms with Crippen molar-refractivity contribution in [2.75, 3.05) is 48.9 Å². The maximum atomic E-state index is 13.0. The number of hydroxylamine groups is 2. The Morgan fingerprint density at radius 3 is 2.27 bits per heavy atom. The van der Waals surface area contributed by atoms with Crippen molar-refractivity contribution in [3.05, 3.63) is 131 Å². The molecule has 18 heteroatoms. The fourth-order valence-corrected chi connectivity index (χ4v) is 8.21. The number of aliphatic imine (C=N–C) groups is 1. The number of amides is 3. The minimum Gasteiger partial charge on any atom is -0.354 e. The molecule has 2 aromatic carbocycles. The first-order valence-corrected chi connectivity index (χ1v) is 23.3. The van der Waals surface area contributed by atoms with Gasteiger partial charge in [-0.2, -0.15) is 16.8 Å². The van der Waals surface area contributed by atoms with Crippen LogP contribution >= 0.6 is 22.6 Å². The van der Waals surface area contributed by atoms with Gasteiger partial charge in [0.15, 0.2) is 0 Å². The van der Waals surface area contributed by atoms with Crippen molar-refractivity contribution in [1.82, 2.24) is 15.7 Å². The van der Waals surface area contributed by atoms with Crippen LogP contribution in [0.5, 0.6) is 0 Å².